The minimum Gasteiger partial charge on any atom is -0.489 e. The van der Waals surface area contributed by atoms with Gasteiger partial charge in [0.25, 0.3) is 5.95 Å². The van der Waals surface area contributed by atoms with Crippen LogP contribution < -0.4 is 9.47 Å². The van der Waals surface area contributed by atoms with Crippen LogP contribution in [-0.4, -0.2) is 5.11 Å². The van der Waals surface area contributed by atoms with Crippen molar-refractivity contribution >= 4 is 0 Å². The smallest absolute Gasteiger partial charge is 0.289 e. The summed E-state index contributed by atoms with van der Waals surface area (Å²) in [6.07, 6.45) is 7.25. The second kappa shape index (κ2) is 6.68. The molecule has 0 heterocycles. The van der Waals surface area contributed by atoms with Crippen molar-refractivity contribution < 1.29 is 14.6 Å². The van der Waals surface area contributed by atoms with Crippen LogP contribution in [0.1, 0.15) is 5.56 Å². The van der Waals surface area contributed by atoms with Crippen molar-refractivity contribution in [1.82, 2.24) is 0 Å². The zero-order chi connectivity index (χ0) is 15.2. The number of rotatable bonds is 5. The summed E-state index contributed by atoms with van der Waals surface area (Å²) >= 11 is 0. The third kappa shape index (κ3) is 3.58. The summed E-state index contributed by atoms with van der Waals surface area (Å²) in [7, 11) is 0. The molecule has 3 heteroatoms. The Balaban J connectivity index is 1.59. The number of aliphatic hydroxyl groups excluding tert-OH is 1. The summed E-state index contributed by atoms with van der Waals surface area (Å²) < 4.78 is 11.1. The Labute approximate surface area is 129 Å². The molecule has 22 heavy (non-hydrogen) atoms. The van der Waals surface area contributed by atoms with Crippen LogP contribution in [0, 0.1) is 0 Å². The van der Waals surface area contributed by atoms with E-state index in [1.807, 2.05) is 54.6 Å². The number of allylic oxidation sites excluding steroid dienone is 5. The van der Waals surface area contributed by atoms with Crippen molar-refractivity contribution in [3.05, 3.63) is 96.0 Å². The predicted molar refractivity (Wildman–Crippen MR) is 85.8 cm³/mol. The second-order valence-corrected chi connectivity index (χ2v) is 4.83. The lowest BCUT2D eigenvalue weighted by Crippen LogP contribution is -1.97. The Morgan fingerprint density at radius 2 is 1.45 bits per heavy atom. The molecule has 0 aliphatic heterocycles. The van der Waals surface area contributed by atoms with Gasteiger partial charge in [-0.25, -0.2) is 0 Å². The maximum atomic E-state index is 9.85. The molecular weight excluding hydrogens is 276 g/mol. The van der Waals surface area contributed by atoms with E-state index < -0.39 is 0 Å². The SMILES string of the molecule is OC(Oc1ccc(OCc2ccccc2)cc1)=C1C=CC=C1. The van der Waals surface area contributed by atoms with Crippen LogP contribution in [0.3, 0.4) is 0 Å². The minimum absolute atomic E-state index is 0.108. The van der Waals surface area contributed by atoms with Gasteiger partial charge in [0.05, 0.1) is 5.57 Å². The fraction of sp³-hybridized carbons (Fsp3) is 0.0526. The van der Waals surface area contributed by atoms with Gasteiger partial charge in [0.15, 0.2) is 0 Å². The van der Waals surface area contributed by atoms with Gasteiger partial charge in [-0.3, -0.25) is 0 Å². The average Bonchev–Trinajstić information content (AvgIpc) is 3.10. The highest BCUT2D eigenvalue weighted by Crippen LogP contribution is 2.22. The normalized spacial score (nSPS) is 12.5. The highest BCUT2D eigenvalue weighted by molar-refractivity contribution is 5.41. The largest absolute Gasteiger partial charge is 0.489 e. The highest BCUT2D eigenvalue weighted by Gasteiger charge is 2.05. The molecule has 0 bridgehead atoms. The summed E-state index contributed by atoms with van der Waals surface area (Å²) in [5, 5.41) is 9.85. The van der Waals surface area contributed by atoms with E-state index in [-0.39, 0.29) is 5.95 Å². The predicted octanol–water partition coefficient (Wildman–Crippen LogP) is 4.54. The van der Waals surface area contributed by atoms with E-state index in [0.29, 0.717) is 17.9 Å². The first-order chi connectivity index (χ1) is 10.8. The van der Waals surface area contributed by atoms with Gasteiger partial charge in [-0.2, -0.15) is 0 Å². The fourth-order valence-electron chi connectivity index (χ4n) is 2.03. The summed E-state index contributed by atoms with van der Waals surface area (Å²) in [4.78, 5) is 0. The summed E-state index contributed by atoms with van der Waals surface area (Å²) in [6.45, 7) is 0.520. The molecule has 0 atom stereocenters. The fourth-order valence-corrected chi connectivity index (χ4v) is 2.03. The van der Waals surface area contributed by atoms with Crippen molar-refractivity contribution in [2.75, 3.05) is 0 Å². The van der Waals surface area contributed by atoms with Crippen LogP contribution in [0.2, 0.25) is 0 Å². The van der Waals surface area contributed by atoms with E-state index in [0.717, 1.165) is 11.3 Å². The van der Waals surface area contributed by atoms with Crippen molar-refractivity contribution in [3.63, 3.8) is 0 Å². The topological polar surface area (TPSA) is 38.7 Å². The van der Waals surface area contributed by atoms with E-state index in [1.165, 1.54) is 0 Å². The quantitative estimate of drug-likeness (QED) is 0.822. The molecule has 3 nitrogen and oxygen atoms in total. The van der Waals surface area contributed by atoms with Crippen molar-refractivity contribution in [3.8, 4) is 11.5 Å². The molecule has 0 saturated heterocycles. The molecule has 3 rings (SSSR count). The van der Waals surface area contributed by atoms with Crippen LogP contribution in [0.5, 0.6) is 11.5 Å². The number of hydrogen-bond donors (Lipinski definition) is 1. The molecule has 2 aromatic rings. The number of benzene rings is 2. The molecular formula is C19H16O3. The molecule has 0 fully saturated rings. The lowest BCUT2D eigenvalue weighted by atomic mass is 10.2. The van der Waals surface area contributed by atoms with E-state index in [4.69, 9.17) is 9.47 Å². The molecule has 1 aliphatic rings. The van der Waals surface area contributed by atoms with Gasteiger partial charge >= 0.3 is 0 Å². The van der Waals surface area contributed by atoms with E-state index in [1.54, 1.807) is 24.3 Å². The van der Waals surface area contributed by atoms with Crippen LogP contribution in [0.25, 0.3) is 0 Å². The van der Waals surface area contributed by atoms with Gasteiger partial charge in [-0.15, -0.1) is 0 Å². The minimum atomic E-state index is -0.108. The zero-order valence-corrected chi connectivity index (χ0v) is 12.0. The lowest BCUT2D eigenvalue weighted by Gasteiger charge is -2.08. The Kier molecular flexibility index (Phi) is 4.25. The van der Waals surface area contributed by atoms with Crippen LogP contribution in [0.15, 0.2) is 90.4 Å². The summed E-state index contributed by atoms with van der Waals surface area (Å²) in [5.74, 6) is 1.21. The van der Waals surface area contributed by atoms with E-state index >= 15 is 0 Å². The summed E-state index contributed by atoms with van der Waals surface area (Å²) in [6, 6.07) is 17.1. The Morgan fingerprint density at radius 1 is 0.818 bits per heavy atom. The third-order valence-electron chi connectivity index (χ3n) is 3.20. The number of ether oxygens (including phenoxy) is 2. The highest BCUT2D eigenvalue weighted by atomic mass is 16.6. The van der Waals surface area contributed by atoms with Gasteiger partial charge in [-0.05, 0) is 42.0 Å². The van der Waals surface area contributed by atoms with E-state index in [9.17, 15) is 5.11 Å². The van der Waals surface area contributed by atoms with Gasteiger partial charge in [-0.1, -0.05) is 42.5 Å². The molecule has 0 aromatic heterocycles. The van der Waals surface area contributed by atoms with Crippen molar-refractivity contribution in [1.29, 1.82) is 0 Å². The maximum Gasteiger partial charge on any atom is 0.289 e. The first-order valence-corrected chi connectivity index (χ1v) is 7.04. The standard InChI is InChI=1S/C19H16O3/c20-19(16-8-4-5-9-16)22-18-12-10-17(11-13-18)21-14-15-6-2-1-3-7-15/h1-13,20H,14H2. The van der Waals surface area contributed by atoms with E-state index in [2.05, 4.69) is 0 Å². The average molecular weight is 292 g/mol. The van der Waals surface area contributed by atoms with Gasteiger partial charge in [0, 0.05) is 0 Å². The monoisotopic (exact) mass is 292 g/mol. The summed E-state index contributed by atoms with van der Waals surface area (Å²) in [5.41, 5.74) is 1.77. The Morgan fingerprint density at radius 3 is 2.14 bits per heavy atom. The van der Waals surface area contributed by atoms with Crippen LogP contribution >= 0.6 is 0 Å². The molecule has 0 unspecified atom stereocenters. The molecule has 0 amide bonds. The maximum absolute atomic E-state index is 9.85. The lowest BCUT2D eigenvalue weighted by molar-refractivity contribution is 0.205. The van der Waals surface area contributed by atoms with Gasteiger partial charge < -0.3 is 14.6 Å². The number of aliphatic hydroxyl groups is 1. The molecule has 0 radical (unpaired) electrons. The molecule has 1 N–H and O–H groups in total. The molecule has 1 aliphatic carbocycles. The van der Waals surface area contributed by atoms with Gasteiger partial charge in [0.2, 0.25) is 0 Å². The van der Waals surface area contributed by atoms with Crippen molar-refractivity contribution in [2.45, 2.75) is 6.61 Å². The third-order valence-corrected chi connectivity index (χ3v) is 3.20. The zero-order valence-electron chi connectivity index (χ0n) is 12.0. The molecule has 2 aromatic carbocycles. The first-order valence-electron chi connectivity index (χ1n) is 7.04. The first kappa shape index (κ1) is 14.0. The van der Waals surface area contributed by atoms with Crippen LogP contribution in [0.4, 0.5) is 0 Å². The molecule has 110 valence electrons. The van der Waals surface area contributed by atoms with Crippen molar-refractivity contribution in [2.24, 2.45) is 0 Å². The Hall–Kier alpha value is -2.94. The number of hydrogen-bond acceptors (Lipinski definition) is 3. The van der Waals surface area contributed by atoms with Crippen LogP contribution in [-0.2, 0) is 6.61 Å². The van der Waals surface area contributed by atoms with Gasteiger partial charge in [0.1, 0.15) is 18.1 Å². The molecule has 0 spiro atoms. The second-order valence-electron chi connectivity index (χ2n) is 4.83. The Bertz CT molecular complexity index is 696. The molecule has 0 saturated carbocycles.